The molecule has 0 atom stereocenters. The number of allylic oxidation sites excluding steroid dienone is 1. The van der Waals surface area contributed by atoms with Crippen LogP contribution in [0.15, 0.2) is 84.9 Å². The Morgan fingerprint density at radius 2 is 1.62 bits per heavy atom. The number of nitriles is 1. The fourth-order valence-corrected chi connectivity index (χ4v) is 2.39. The standard InChI is InChI=1S/C23H17NO2/c24-16-19-6-11-21(12-7-19)23(25)15-10-18-8-13-22(14-9-18)26-17-20-4-2-1-3-5-20/h1-15H,17H2. The highest BCUT2D eigenvalue weighted by atomic mass is 16.5. The molecule has 0 aliphatic carbocycles. The van der Waals surface area contributed by atoms with Gasteiger partial charge in [0.05, 0.1) is 11.6 Å². The predicted octanol–water partition coefficient (Wildman–Crippen LogP) is 5.03. The molecule has 0 amide bonds. The zero-order valence-corrected chi connectivity index (χ0v) is 14.1. The summed E-state index contributed by atoms with van der Waals surface area (Å²) in [7, 11) is 0. The van der Waals surface area contributed by atoms with Crippen molar-refractivity contribution in [1.82, 2.24) is 0 Å². The lowest BCUT2D eigenvalue weighted by atomic mass is 10.1. The smallest absolute Gasteiger partial charge is 0.185 e. The summed E-state index contributed by atoms with van der Waals surface area (Å²) in [5.74, 6) is 0.684. The zero-order valence-electron chi connectivity index (χ0n) is 14.1. The second-order valence-electron chi connectivity index (χ2n) is 5.73. The quantitative estimate of drug-likeness (QED) is 0.467. The van der Waals surface area contributed by atoms with Crippen molar-refractivity contribution in [2.75, 3.05) is 0 Å². The van der Waals surface area contributed by atoms with E-state index in [4.69, 9.17) is 10.00 Å². The third-order valence-electron chi connectivity index (χ3n) is 3.85. The van der Waals surface area contributed by atoms with Crippen molar-refractivity contribution in [2.24, 2.45) is 0 Å². The Bertz CT molecular complexity index is 934. The minimum Gasteiger partial charge on any atom is -0.489 e. The first kappa shape index (κ1) is 17.2. The zero-order chi connectivity index (χ0) is 18.2. The summed E-state index contributed by atoms with van der Waals surface area (Å²) >= 11 is 0. The van der Waals surface area contributed by atoms with Crippen molar-refractivity contribution in [2.45, 2.75) is 6.61 Å². The van der Waals surface area contributed by atoms with Gasteiger partial charge in [-0.3, -0.25) is 4.79 Å². The maximum atomic E-state index is 12.1. The molecule has 0 bridgehead atoms. The number of rotatable bonds is 6. The molecule has 0 saturated carbocycles. The molecule has 126 valence electrons. The fourth-order valence-electron chi connectivity index (χ4n) is 2.39. The topological polar surface area (TPSA) is 50.1 Å². The average molecular weight is 339 g/mol. The van der Waals surface area contributed by atoms with E-state index in [1.54, 1.807) is 30.3 Å². The van der Waals surface area contributed by atoms with E-state index in [0.717, 1.165) is 16.9 Å². The van der Waals surface area contributed by atoms with Gasteiger partial charge in [-0.2, -0.15) is 5.26 Å². The van der Waals surface area contributed by atoms with Crippen LogP contribution in [0.1, 0.15) is 27.0 Å². The Hall–Kier alpha value is -3.64. The van der Waals surface area contributed by atoms with Gasteiger partial charge in [0.15, 0.2) is 5.78 Å². The van der Waals surface area contributed by atoms with Crippen molar-refractivity contribution in [1.29, 1.82) is 5.26 Å². The van der Waals surface area contributed by atoms with Crippen LogP contribution in [0.25, 0.3) is 6.08 Å². The molecule has 0 unspecified atom stereocenters. The van der Waals surface area contributed by atoms with Gasteiger partial charge in [0, 0.05) is 5.56 Å². The van der Waals surface area contributed by atoms with Crippen LogP contribution in [0, 0.1) is 11.3 Å². The summed E-state index contributed by atoms with van der Waals surface area (Å²) in [6.45, 7) is 0.521. The van der Waals surface area contributed by atoms with Gasteiger partial charge in [-0.15, -0.1) is 0 Å². The van der Waals surface area contributed by atoms with Crippen LogP contribution >= 0.6 is 0 Å². The Kier molecular flexibility index (Phi) is 5.59. The van der Waals surface area contributed by atoms with Crippen LogP contribution in [-0.2, 0) is 6.61 Å². The number of ether oxygens (including phenoxy) is 1. The largest absolute Gasteiger partial charge is 0.489 e. The van der Waals surface area contributed by atoms with E-state index in [2.05, 4.69) is 0 Å². The molecule has 0 radical (unpaired) electrons. The Morgan fingerprint density at radius 1 is 0.923 bits per heavy atom. The summed E-state index contributed by atoms with van der Waals surface area (Å²) < 4.78 is 5.75. The van der Waals surface area contributed by atoms with Crippen molar-refractivity contribution >= 4 is 11.9 Å². The second-order valence-corrected chi connectivity index (χ2v) is 5.73. The number of nitrogens with zero attached hydrogens (tertiary/aromatic N) is 1. The molecule has 3 aromatic rings. The first-order valence-electron chi connectivity index (χ1n) is 8.24. The third kappa shape index (κ3) is 4.68. The number of carbonyl (C=O) groups is 1. The van der Waals surface area contributed by atoms with E-state index in [-0.39, 0.29) is 5.78 Å². The van der Waals surface area contributed by atoms with Gasteiger partial charge in [0.25, 0.3) is 0 Å². The van der Waals surface area contributed by atoms with E-state index in [1.807, 2.05) is 60.7 Å². The van der Waals surface area contributed by atoms with Gasteiger partial charge in [-0.05, 0) is 53.6 Å². The van der Waals surface area contributed by atoms with Crippen LogP contribution in [0.2, 0.25) is 0 Å². The summed E-state index contributed by atoms with van der Waals surface area (Å²) in [4.78, 5) is 12.1. The molecule has 0 spiro atoms. The molecule has 3 rings (SSSR count). The van der Waals surface area contributed by atoms with Crippen LogP contribution < -0.4 is 4.74 Å². The molecule has 0 aliphatic rings. The van der Waals surface area contributed by atoms with E-state index >= 15 is 0 Å². The minimum absolute atomic E-state index is 0.0982. The number of hydrogen-bond acceptors (Lipinski definition) is 3. The normalized spacial score (nSPS) is 10.4. The van der Waals surface area contributed by atoms with Crippen molar-refractivity contribution < 1.29 is 9.53 Å². The maximum absolute atomic E-state index is 12.1. The highest BCUT2D eigenvalue weighted by Gasteiger charge is 2.02. The van der Waals surface area contributed by atoms with Gasteiger partial charge in [0.2, 0.25) is 0 Å². The SMILES string of the molecule is N#Cc1ccc(C(=O)C=Cc2ccc(OCc3ccccc3)cc2)cc1. The van der Waals surface area contributed by atoms with E-state index in [1.165, 1.54) is 6.08 Å². The molecule has 3 nitrogen and oxygen atoms in total. The number of carbonyl (C=O) groups excluding carboxylic acids is 1. The van der Waals surface area contributed by atoms with Gasteiger partial charge in [-0.1, -0.05) is 48.5 Å². The van der Waals surface area contributed by atoms with Gasteiger partial charge < -0.3 is 4.74 Å². The Balaban J connectivity index is 1.58. The number of hydrogen-bond donors (Lipinski definition) is 0. The highest BCUT2D eigenvalue weighted by Crippen LogP contribution is 2.15. The lowest BCUT2D eigenvalue weighted by Gasteiger charge is -2.06. The van der Waals surface area contributed by atoms with Crippen molar-refractivity contribution in [3.8, 4) is 11.8 Å². The Morgan fingerprint density at radius 3 is 2.27 bits per heavy atom. The van der Waals surface area contributed by atoms with Crippen molar-refractivity contribution in [3.63, 3.8) is 0 Å². The maximum Gasteiger partial charge on any atom is 0.185 e. The fraction of sp³-hybridized carbons (Fsp3) is 0.0435. The first-order chi connectivity index (χ1) is 12.7. The Labute approximate surface area is 152 Å². The molecule has 0 N–H and O–H groups in total. The van der Waals surface area contributed by atoms with Crippen molar-refractivity contribution in [3.05, 3.63) is 107 Å². The lowest BCUT2D eigenvalue weighted by molar-refractivity contribution is 0.104. The lowest BCUT2D eigenvalue weighted by Crippen LogP contribution is -1.95. The summed E-state index contributed by atoms with van der Waals surface area (Å²) in [6, 6.07) is 26.2. The molecule has 3 aromatic carbocycles. The van der Waals surface area contributed by atoms with E-state index in [0.29, 0.717) is 17.7 Å². The molecule has 0 heterocycles. The van der Waals surface area contributed by atoms with Crippen LogP contribution in [0.5, 0.6) is 5.75 Å². The summed E-state index contributed by atoms with van der Waals surface area (Å²) in [5.41, 5.74) is 3.13. The van der Waals surface area contributed by atoms with Gasteiger partial charge >= 0.3 is 0 Å². The first-order valence-corrected chi connectivity index (χ1v) is 8.24. The van der Waals surface area contributed by atoms with Gasteiger partial charge in [0.1, 0.15) is 12.4 Å². The minimum atomic E-state index is -0.0982. The summed E-state index contributed by atoms with van der Waals surface area (Å²) in [6.07, 6.45) is 3.29. The summed E-state index contributed by atoms with van der Waals surface area (Å²) in [5, 5.41) is 8.79. The molecule has 0 saturated heterocycles. The molecule has 26 heavy (non-hydrogen) atoms. The predicted molar refractivity (Wildman–Crippen MR) is 102 cm³/mol. The van der Waals surface area contributed by atoms with Gasteiger partial charge in [-0.25, -0.2) is 0 Å². The van der Waals surface area contributed by atoms with Crippen LogP contribution in [0.3, 0.4) is 0 Å². The molecule has 0 aromatic heterocycles. The van der Waals surface area contributed by atoms with Crippen LogP contribution in [-0.4, -0.2) is 5.78 Å². The molecular weight excluding hydrogens is 322 g/mol. The average Bonchev–Trinajstić information content (AvgIpc) is 2.72. The molecule has 0 fully saturated rings. The second kappa shape index (κ2) is 8.46. The molecule has 3 heteroatoms. The van der Waals surface area contributed by atoms with E-state index in [9.17, 15) is 4.79 Å². The number of benzene rings is 3. The molecule has 0 aliphatic heterocycles. The number of ketones is 1. The monoisotopic (exact) mass is 339 g/mol. The third-order valence-corrected chi connectivity index (χ3v) is 3.85. The van der Waals surface area contributed by atoms with Crippen LogP contribution in [0.4, 0.5) is 0 Å². The highest BCUT2D eigenvalue weighted by molar-refractivity contribution is 6.06. The van der Waals surface area contributed by atoms with E-state index < -0.39 is 0 Å². The molecular formula is C23H17NO2.